The summed E-state index contributed by atoms with van der Waals surface area (Å²) in [7, 11) is -3.99. The maximum atomic E-state index is 13.3. The van der Waals surface area contributed by atoms with Gasteiger partial charge in [-0.15, -0.1) is 0 Å². The molecule has 0 bridgehead atoms. The molecule has 7 heteroatoms. The zero-order valence-electron chi connectivity index (χ0n) is 16.5. The minimum atomic E-state index is -3.99. The Balaban J connectivity index is 1.92. The monoisotopic (exact) mass is 442 g/mol. The SMILES string of the molecule is CC[C@@H](NC(=O)CN(c1ccccc1Cl)S(=O)(=O)c1ccccc1)c1ccccc1. The van der Waals surface area contributed by atoms with Crippen LogP contribution in [0.3, 0.4) is 0 Å². The highest BCUT2D eigenvalue weighted by Gasteiger charge is 2.29. The average molecular weight is 443 g/mol. The molecule has 0 fully saturated rings. The number of nitrogens with one attached hydrogen (secondary N) is 1. The van der Waals surface area contributed by atoms with Crippen LogP contribution in [0.1, 0.15) is 24.9 Å². The number of para-hydroxylation sites is 1. The van der Waals surface area contributed by atoms with Crippen molar-refractivity contribution in [2.75, 3.05) is 10.8 Å². The lowest BCUT2D eigenvalue weighted by molar-refractivity contribution is -0.120. The molecule has 3 rings (SSSR count). The van der Waals surface area contributed by atoms with Gasteiger partial charge in [0.25, 0.3) is 10.0 Å². The zero-order valence-corrected chi connectivity index (χ0v) is 18.1. The van der Waals surface area contributed by atoms with E-state index in [0.717, 1.165) is 9.87 Å². The van der Waals surface area contributed by atoms with E-state index in [1.807, 2.05) is 37.3 Å². The van der Waals surface area contributed by atoms with Gasteiger partial charge in [-0.2, -0.15) is 0 Å². The summed E-state index contributed by atoms with van der Waals surface area (Å²) in [5.41, 5.74) is 1.22. The van der Waals surface area contributed by atoms with Crippen LogP contribution in [0.15, 0.2) is 89.8 Å². The maximum absolute atomic E-state index is 13.3. The second-order valence-corrected chi connectivity index (χ2v) is 8.98. The molecule has 0 aliphatic rings. The highest BCUT2D eigenvalue weighted by atomic mass is 35.5. The van der Waals surface area contributed by atoms with Gasteiger partial charge in [-0.3, -0.25) is 9.10 Å². The van der Waals surface area contributed by atoms with Gasteiger partial charge in [0.1, 0.15) is 6.54 Å². The second kappa shape index (κ2) is 9.78. The van der Waals surface area contributed by atoms with Crippen molar-refractivity contribution in [1.29, 1.82) is 0 Å². The normalized spacial score (nSPS) is 12.2. The molecule has 0 heterocycles. The Hall–Kier alpha value is -2.83. The number of amides is 1. The Bertz CT molecular complexity index is 1090. The predicted octanol–water partition coefficient (Wildman–Crippen LogP) is 4.80. The molecule has 3 aromatic carbocycles. The minimum absolute atomic E-state index is 0.0906. The van der Waals surface area contributed by atoms with Crippen LogP contribution < -0.4 is 9.62 Å². The van der Waals surface area contributed by atoms with Gasteiger partial charge in [-0.05, 0) is 36.2 Å². The summed E-state index contributed by atoms with van der Waals surface area (Å²) < 4.78 is 27.7. The van der Waals surface area contributed by atoms with E-state index in [4.69, 9.17) is 11.6 Å². The molecule has 1 atom stereocenters. The summed E-state index contributed by atoms with van der Waals surface area (Å²) in [6, 6.07) is 23.9. The van der Waals surface area contributed by atoms with E-state index >= 15 is 0 Å². The third-order valence-electron chi connectivity index (χ3n) is 4.68. The fourth-order valence-electron chi connectivity index (χ4n) is 3.15. The first-order chi connectivity index (χ1) is 14.4. The van der Waals surface area contributed by atoms with E-state index in [1.165, 1.54) is 12.1 Å². The summed E-state index contributed by atoms with van der Waals surface area (Å²) in [5, 5.41) is 3.19. The number of carbonyl (C=O) groups is 1. The van der Waals surface area contributed by atoms with Crippen molar-refractivity contribution < 1.29 is 13.2 Å². The van der Waals surface area contributed by atoms with E-state index < -0.39 is 15.9 Å². The number of anilines is 1. The molecule has 0 saturated carbocycles. The van der Waals surface area contributed by atoms with Crippen molar-refractivity contribution in [2.24, 2.45) is 0 Å². The summed E-state index contributed by atoms with van der Waals surface area (Å²) in [5.74, 6) is -0.412. The molecule has 5 nitrogen and oxygen atoms in total. The van der Waals surface area contributed by atoms with Gasteiger partial charge in [0.2, 0.25) is 5.91 Å². The lowest BCUT2D eigenvalue weighted by Crippen LogP contribution is -2.42. The first kappa shape index (κ1) is 21.9. The van der Waals surface area contributed by atoms with Crippen LogP contribution >= 0.6 is 11.6 Å². The van der Waals surface area contributed by atoms with Crippen molar-refractivity contribution in [2.45, 2.75) is 24.3 Å². The molecule has 3 aromatic rings. The lowest BCUT2D eigenvalue weighted by Gasteiger charge is -2.26. The molecular weight excluding hydrogens is 420 g/mol. The number of benzene rings is 3. The standard InChI is InChI=1S/C23H23ClN2O3S/c1-2-21(18-11-5-3-6-12-18)25-23(27)17-26(22-16-10-9-15-20(22)24)30(28,29)19-13-7-4-8-14-19/h3-16,21H,2,17H2,1H3,(H,25,27)/t21-/m1/s1. The van der Waals surface area contributed by atoms with E-state index in [9.17, 15) is 13.2 Å². The third kappa shape index (κ3) is 5.01. The fourth-order valence-corrected chi connectivity index (χ4v) is 4.90. The molecule has 0 unspecified atom stereocenters. The highest BCUT2D eigenvalue weighted by Crippen LogP contribution is 2.30. The van der Waals surface area contributed by atoms with Crippen LogP contribution in [0.5, 0.6) is 0 Å². The molecular formula is C23H23ClN2O3S. The molecule has 30 heavy (non-hydrogen) atoms. The number of halogens is 1. The average Bonchev–Trinajstić information content (AvgIpc) is 2.77. The Kier molecular flexibility index (Phi) is 7.13. The van der Waals surface area contributed by atoms with Crippen molar-refractivity contribution in [3.63, 3.8) is 0 Å². The third-order valence-corrected chi connectivity index (χ3v) is 6.78. The molecule has 1 amide bonds. The smallest absolute Gasteiger partial charge is 0.264 e. The van der Waals surface area contributed by atoms with Gasteiger partial charge in [0.05, 0.1) is 21.6 Å². The quantitative estimate of drug-likeness (QED) is 0.544. The Morgan fingerprint density at radius 2 is 1.50 bits per heavy atom. The van der Waals surface area contributed by atoms with Crippen molar-refractivity contribution in [3.05, 3.63) is 95.5 Å². The Morgan fingerprint density at radius 3 is 2.10 bits per heavy atom. The first-order valence-corrected chi connectivity index (χ1v) is 11.4. The topological polar surface area (TPSA) is 66.5 Å². The molecule has 0 aromatic heterocycles. The van der Waals surface area contributed by atoms with Crippen LogP contribution in [-0.2, 0) is 14.8 Å². The second-order valence-electron chi connectivity index (χ2n) is 6.72. The van der Waals surface area contributed by atoms with E-state index in [1.54, 1.807) is 42.5 Å². The molecule has 0 aliphatic heterocycles. The van der Waals surface area contributed by atoms with Crippen molar-refractivity contribution >= 4 is 33.2 Å². The van der Waals surface area contributed by atoms with Gasteiger partial charge >= 0.3 is 0 Å². The van der Waals surface area contributed by atoms with Gasteiger partial charge in [0.15, 0.2) is 0 Å². The number of rotatable bonds is 8. The summed E-state index contributed by atoms with van der Waals surface area (Å²) >= 11 is 6.29. The van der Waals surface area contributed by atoms with Crippen molar-refractivity contribution in [1.82, 2.24) is 5.32 Å². The molecule has 156 valence electrons. The van der Waals surface area contributed by atoms with Crippen LogP contribution in [0.4, 0.5) is 5.69 Å². The fraction of sp³-hybridized carbons (Fsp3) is 0.174. The Morgan fingerprint density at radius 1 is 0.933 bits per heavy atom. The predicted molar refractivity (Wildman–Crippen MR) is 120 cm³/mol. The van der Waals surface area contributed by atoms with Gasteiger partial charge < -0.3 is 5.32 Å². The molecule has 0 radical (unpaired) electrons. The van der Waals surface area contributed by atoms with E-state index in [2.05, 4.69) is 5.32 Å². The number of hydrogen-bond donors (Lipinski definition) is 1. The number of sulfonamides is 1. The van der Waals surface area contributed by atoms with Crippen molar-refractivity contribution in [3.8, 4) is 0 Å². The van der Waals surface area contributed by atoms with Crippen LogP contribution in [0, 0.1) is 0 Å². The van der Waals surface area contributed by atoms with Crippen LogP contribution in [0.2, 0.25) is 5.02 Å². The number of hydrogen-bond acceptors (Lipinski definition) is 3. The summed E-state index contributed by atoms with van der Waals surface area (Å²) in [6.07, 6.45) is 0.674. The zero-order chi connectivity index (χ0) is 21.6. The lowest BCUT2D eigenvalue weighted by atomic mass is 10.0. The molecule has 0 saturated heterocycles. The molecule has 0 spiro atoms. The summed E-state index contributed by atoms with van der Waals surface area (Å²) in [4.78, 5) is 13.0. The number of carbonyl (C=O) groups excluding carboxylic acids is 1. The Labute approximate surface area is 182 Å². The first-order valence-electron chi connectivity index (χ1n) is 9.60. The molecule has 0 aliphatic carbocycles. The van der Waals surface area contributed by atoms with Gasteiger partial charge in [0, 0.05) is 0 Å². The highest BCUT2D eigenvalue weighted by molar-refractivity contribution is 7.92. The van der Waals surface area contributed by atoms with Gasteiger partial charge in [-0.1, -0.05) is 79.2 Å². The van der Waals surface area contributed by atoms with Crippen LogP contribution in [-0.4, -0.2) is 20.9 Å². The minimum Gasteiger partial charge on any atom is -0.348 e. The van der Waals surface area contributed by atoms with Gasteiger partial charge in [-0.25, -0.2) is 8.42 Å². The van der Waals surface area contributed by atoms with E-state index in [0.29, 0.717) is 6.42 Å². The van der Waals surface area contributed by atoms with Crippen LogP contribution in [0.25, 0.3) is 0 Å². The van der Waals surface area contributed by atoms with E-state index in [-0.39, 0.29) is 28.2 Å². The number of nitrogens with zero attached hydrogens (tertiary/aromatic N) is 1. The molecule has 1 N–H and O–H groups in total. The summed E-state index contributed by atoms with van der Waals surface area (Å²) in [6.45, 7) is 1.58. The maximum Gasteiger partial charge on any atom is 0.264 e. The largest absolute Gasteiger partial charge is 0.348 e.